The smallest absolute Gasteiger partial charge is 0.00294 e. The van der Waals surface area contributed by atoms with Crippen LogP contribution in [-0.2, 0) is 0 Å². The van der Waals surface area contributed by atoms with Crippen molar-refractivity contribution in [3.8, 4) is 0 Å². The van der Waals surface area contributed by atoms with E-state index in [-0.39, 0.29) is 0 Å². The van der Waals surface area contributed by atoms with Crippen LogP contribution in [0.15, 0.2) is 0 Å². The lowest BCUT2D eigenvalue weighted by molar-refractivity contribution is 0.0561. The second kappa shape index (κ2) is 29.9. The van der Waals surface area contributed by atoms with Crippen molar-refractivity contribution in [1.82, 2.24) is 9.80 Å². The van der Waals surface area contributed by atoms with Crippen molar-refractivity contribution in [2.75, 3.05) is 48.3 Å². The molecule has 0 bridgehead atoms. The first-order valence-corrected chi connectivity index (χ1v) is 13.2. The highest BCUT2D eigenvalue weighted by atomic mass is 15.1. The molecule has 0 aliphatic heterocycles. The predicted octanol–water partition coefficient (Wildman–Crippen LogP) is 8.28. The van der Waals surface area contributed by atoms with Crippen LogP contribution >= 0.6 is 0 Å². The van der Waals surface area contributed by atoms with Crippen molar-refractivity contribution in [2.45, 2.75) is 116 Å². The summed E-state index contributed by atoms with van der Waals surface area (Å²) in [4.78, 5) is 4.56. The maximum atomic E-state index is 4.50. The standard InChI is InChI=1S/C10H23N.C9H19N.4C2H6.CH5N/c1-9(2)7-10(3,4)8-11(5)6;1-8-5-9(2,6-8)7-10(3)4;5*1-2/h9H,7-8H2,1-6H3;8H,5-7H2,1-4H3;4*1-2H3;2H2,1H3. The first-order chi connectivity index (χ1) is 14.4. The fraction of sp³-hybridized carbons (Fsp3) is 1.00. The largest absolute Gasteiger partial charge is 0.333 e. The minimum atomic E-state index is 0.470. The number of rotatable bonds is 6. The van der Waals surface area contributed by atoms with Crippen LogP contribution in [0.4, 0.5) is 0 Å². The Bertz CT molecular complexity index is 266. The molecule has 0 heterocycles. The Morgan fingerprint density at radius 1 is 0.806 bits per heavy atom. The van der Waals surface area contributed by atoms with Crippen molar-refractivity contribution >= 4 is 0 Å². The van der Waals surface area contributed by atoms with Gasteiger partial charge in [-0.25, -0.2) is 0 Å². The van der Waals surface area contributed by atoms with Crippen LogP contribution < -0.4 is 5.73 Å². The van der Waals surface area contributed by atoms with E-state index in [9.17, 15) is 0 Å². The van der Waals surface area contributed by atoms with Gasteiger partial charge in [0.1, 0.15) is 0 Å². The minimum absolute atomic E-state index is 0.470. The molecule has 0 aromatic heterocycles. The second-order valence-corrected chi connectivity index (χ2v) is 9.56. The van der Waals surface area contributed by atoms with Crippen LogP contribution in [0, 0.1) is 22.7 Å². The zero-order valence-corrected chi connectivity index (χ0v) is 26.2. The maximum absolute atomic E-state index is 4.50. The SMILES string of the molecule is CC.CC.CC.CC.CC(C)CC(C)(C)CN(C)C.CC1CC(C)(CN(C)C)C1.CN. The highest BCUT2D eigenvalue weighted by Crippen LogP contribution is 2.45. The number of hydrogen-bond donors (Lipinski definition) is 1. The molecule has 3 nitrogen and oxygen atoms in total. The molecule has 1 fully saturated rings. The van der Waals surface area contributed by atoms with Crippen LogP contribution in [0.25, 0.3) is 0 Å². The lowest BCUT2D eigenvalue weighted by atomic mass is 9.64. The average Bonchev–Trinajstić information content (AvgIpc) is 2.66. The number of nitrogens with zero attached hydrogens (tertiary/aromatic N) is 2. The van der Waals surface area contributed by atoms with Crippen molar-refractivity contribution in [3.63, 3.8) is 0 Å². The molecule has 0 aromatic rings. The molecule has 0 saturated heterocycles. The summed E-state index contributed by atoms with van der Waals surface area (Å²) >= 11 is 0. The summed E-state index contributed by atoms with van der Waals surface area (Å²) in [5.74, 6) is 1.79. The molecule has 0 unspecified atom stereocenters. The van der Waals surface area contributed by atoms with E-state index in [0.717, 1.165) is 11.8 Å². The van der Waals surface area contributed by atoms with E-state index in [4.69, 9.17) is 0 Å². The van der Waals surface area contributed by atoms with E-state index in [1.54, 1.807) is 0 Å². The van der Waals surface area contributed by atoms with Gasteiger partial charge in [-0.1, -0.05) is 96.9 Å². The summed E-state index contributed by atoms with van der Waals surface area (Å²) < 4.78 is 0. The first-order valence-electron chi connectivity index (χ1n) is 13.2. The van der Waals surface area contributed by atoms with Crippen LogP contribution in [-0.4, -0.2) is 58.1 Å². The third kappa shape index (κ3) is 37.5. The topological polar surface area (TPSA) is 32.5 Å². The Morgan fingerprint density at radius 3 is 1.32 bits per heavy atom. The molecule has 2 N–H and O–H groups in total. The van der Waals surface area contributed by atoms with Crippen molar-refractivity contribution in [3.05, 3.63) is 0 Å². The summed E-state index contributed by atoms with van der Waals surface area (Å²) in [7, 11) is 10.1. The van der Waals surface area contributed by atoms with Gasteiger partial charge in [0.25, 0.3) is 0 Å². The monoisotopic (exact) mass is 450 g/mol. The van der Waals surface area contributed by atoms with E-state index in [1.165, 1.54) is 39.4 Å². The van der Waals surface area contributed by atoms with Gasteiger partial charge in [0, 0.05) is 13.1 Å². The summed E-state index contributed by atoms with van der Waals surface area (Å²) in [5.41, 5.74) is 5.61. The third-order valence-corrected chi connectivity index (χ3v) is 4.09. The molecule has 31 heavy (non-hydrogen) atoms. The predicted molar refractivity (Wildman–Crippen MR) is 152 cm³/mol. The zero-order valence-electron chi connectivity index (χ0n) is 26.2. The molecule has 0 radical (unpaired) electrons. The van der Waals surface area contributed by atoms with Gasteiger partial charge < -0.3 is 15.5 Å². The molecule has 198 valence electrons. The highest BCUT2D eigenvalue weighted by molar-refractivity contribution is 4.89. The second-order valence-electron chi connectivity index (χ2n) is 9.56. The van der Waals surface area contributed by atoms with E-state index in [0.29, 0.717) is 10.8 Å². The fourth-order valence-electron chi connectivity index (χ4n) is 4.54. The molecule has 0 amide bonds. The summed E-state index contributed by atoms with van der Waals surface area (Å²) in [6, 6.07) is 0. The molecule has 0 spiro atoms. The summed E-state index contributed by atoms with van der Waals surface area (Å²) in [5, 5.41) is 0. The Kier molecular flexibility index (Phi) is 42.9. The van der Waals surface area contributed by atoms with Gasteiger partial charge in [-0.05, 0) is 77.2 Å². The van der Waals surface area contributed by atoms with Gasteiger partial charge in [0.05, 0.1) is 0 Å². The molecule has 0 aromatic carbocycles. The van der Waals surface area contributed by atoms with E-state index >= 15 is 0 Å². The van der Waals surface area contributed by atoms with Gasteiger partial charge in [0.2, 0.25) is 0 Å². The summed E-state index contributed by atoms with van der Waals surface area (Å²) in [6.07, 6.45) is 4.15. The lowest BCUT2D eigenvalue weighted by Gasteiger charge is -2.45. The molecular formula is C28H71N3. The third-order valence-electron chi connectivity index (χ3n) is 4.09. The Morgan fingerprint density at radius 2 is 1.13 bits per heavy atom. The normalized spacial score (nSPS) is 18.5. The van der Waals surface area contributed by atoms with Crippen LogP contribution in [0.2, 0.25) is 0 Å². The highest BCUT2D eigenvalue weighted by Gasteiger charge is 2.37. The molecule has 1 aliphatic rings. The summed E-state index contributed by atoms with van der Waals surface area (Å²) in [6.45, 7) is 32.4. The molecule has 3 heteroatoms. The maximum Gasteiger partial charge on any atom is 0.00294 e. The van der Waals surface area contributed by atoms with Crippen molar-refractivity contribution in [1.29, 1.82) is 0 Å². The van der Waals surface area contributed by atoms with Crippen molar-refractivity contribution in [2.24, 2.45) is 28.4 Å². The average molecular weight is 450 g/mol. The first kappa shape index (κ1) is 44.5. The lowest BCUT2D eigenvalue weighted by Crippen LogP contribution is -2.41. The van der Waals surface area contributed by atoms with Crippen LogP contribution in [0.5, 0.6) is 0 Å². The number of hydrogen-bond acceptors (Lipinski definition) is 3. The molecule has 1 aliphatic carbocycles. The molecule has 1 rings (SSSR count). The molecule has 1 saturated carbocycles. The Labute approximate surface area is 202 Å². The Hall–Kier alpha value is -0.120. The minimum Gasteiger partial charge on any atom is -0.333 e. The van der Waals surface area contributed by atoms with E-state index < -0.39 is 0 Å². The van der Waals surface area contributed by atoms with Gasteiger partial charge in [-0.2, -0.15) is 0 Å². The molecular weight excluding hydrogens is 378 g/mol. The van der Waals surface area contributed by atoms with Gasteiger partial charge >= 0.3 is 0 Å². The van der Waals surface area contributed by atoms with Gasteiger partial charge in [-0.15, -0.1) is 0 Å². The van der Waals surface area contributed by atoms with Crippen molar-refractivity contribution < 1.29 is 0 Å². The zero-order chi connectivity index (χ0) is 26.8. The Balaban J connectivity index is -0.0000000718. The van der Waals surface area contributed by atoms with E-state index in [1.807, 2.05) is 55.4 Å². The van der Waals surface area contributed by atoms with Crippen LogP contribution in [0.3, 0.4) is 0 Å². The van der Waals surface area contributed by atoms with E-state index in [2.05, 4.69) is 85.3 Å². The van der Waals surface area contributed by atoms with Gasteiger partial charge in [0.15, 0.2) is 0 Å². The quantitative estimate of drug-likeness (QED) is 0.442. The van der Waals surface area contributed by atoms with Gasteiger partial charge in [-0.3, -0.25) is 0 Å². The van der Waals surface area contributed by atoms with Crippen LogP contribution in [0.1, 0.15) is 116 Å². The number of nitrogens with two attached hydrogens (primary N) is 1. The fourth-order valence-corrected chi connectivity index (χ4v) is 4.54. The molecule has 0 atom stereocenters.